The molecule has 0 saturated heterocycles. The van der Waals surface area contributed by atoms with E-state index in [9.17, 15) is 0 Å². The summed E-state index contributed by atoms with van der Waals surface area (Å²) in [4.78, 5) is 1.43. The summed E-state index contributed by atoms with van der Waals surface area (Å²) >= 11 is 1.89. The first-order valence-corrected chi connectivity index (χ1v) is 17.5. The lowest BCUT2D eigenvalue weighted by molar-refractivity contribution is 0.812. The lowest BCUT2D eigenvalue weighted by atomic mass is 9.73. The van der Waals surface area contributed by atoms with Crippen LogP contribution in [0.3, 0.4) is 0 Å². The first-order valence-electron chi connectivity index (χ1n) is 16.6. The van der Waals surface area contributed by atoms with Crippen molar-refractivity contribution in [3.8, 4) is 66.8 Å². The van der Waals surface area contributed by atoms with Crippen LogP contribution in [0.5, 0.6) is 0 Å². The second-order valence-corrected chi connectivity index (χ2v) is 13.8. The van der Waals surface area contributed by atoms with Gasteiger partial charge in [-0.2, -0.15) is 0 Å². The maximum Gasteiger partial charge on any atom is 0.0819 e. The summed E-state index contributed by atoms with van der Waals surface area (Å²) in [7, 11) is 0. The fourth-order valence-corrected chi connectivity index (χ4v) is 9.32. The Morgan fingerprint density at radius 3 is 1.21 bits per heavy atom. The van der Waals surface area contributed by atoms with Crippen LogP contribution >= 0.6 is 11.3 Å². The third-order valence-electron chi connectivity index (χ3n) is 10.4. The molecule has 0 unspecified atom stereocenters. The molecule has 7 aromatic carbocycles. The van der Waals surface area contributed by atoms with Crippen LogP contribution in [0.4, 0.5) is 0 Å². The Morgan fingerprint density at radius 2 is 0.688 bits per heavy atom. The van der Waals surface area contributed by atoms with Gasteiger partial charge in [0, 0.05) is 4.88 Å². The van der Waals surface area contributed by atoms with Crippen molar-refractivity contribution in [2.75, 3.05) is 0 Å². The van der Waals surface area contributed by atoms with Crippen molar-refractivity contribution in [1.82, 2.24) is 0 Å². The SMILES string of the molecule is c1ccc(-c2ccc(-c3ccc4c(c3)C3(c5cc(-c6ccc(-c7ccccc7)cc6)ccc5-4)c4ccccc4-c4ccsc43)cc2)cc1. The molecule has 0 N–H and O–H groups in total. The van der Waals surface area contributed by atoms with E-state index in [1.165, 1.54) is 88.3 Å². The molecule has 0 amide bonds. The Balaban J connectivity index is 1.15. The molecular formula is C47H30S. The average molecular weight is 627 g/mol. The highest BCUT2D eigenvalue weighted by atomic mass is 32.1. The Kier molecular flexibility index (Phi) is 6.06. The molecule has 48 heavy (non-hydrogen) atoms. The summed E-state index contributed by atoms with van der Waals surface area (Å²) < 4.78 is 0. The topological polar surface area (TPSA) is 0 Å². The van der Waals surface area contributed by atoms with Crippen LogP contribution in [0.2, 0.25) is 0 Å². The van der Waals surface area contributed by atoms with Gasteiger partial charge in [0.2, 0.25) is 0 Å². The van der Waals surface area contributed by atoms with E-state index in [0.717, 1.165) is 0 Å². The molecule has 0 radical (unpaired) electrons. The standard InChI is InChI=1S/C47H30S/c1-3-9-31(10-4-1)33-15-19-35(20-16-33)37-23-25-40-41-26-24-38(36-21-17-34(18-22-36)32-11-5-2-6-12-32)30-45(41)47(44(40)29-37)43-14-8-7-13-39(43)42-27-28-48-46(42)47/h1-30H. The van der Waals surface area contributed by atoms with E-state index in [4.69, 9.17) is 0 Å². The molecular weight excluding hydrogens is 597 g/mol. The van der Waals surface area contributed by atoms with E-state index < -0.39 is 0 Å². The van der Waals surface area contributed by atoms with Gasteiger partial charge in [0.05, 0.1) is 5.41 Å². The van der Waals surface area contributed by atoms with Crippen LogP contribution in [0.15, 0.2) is 181 Å². The molecule has 0 fully saturated rings. The summed E-state index contributed by atoms with van der Waals surface area (Å²) in [5.41, 5.74) is 19.1. The van der Waals surface area contributed by atoms with Gasteiger partial charge in [-0.1, -0.05) is 158 Å². The summed E-state index contributed by atoms with van der Waals surface area (Å²) in [5, 5.41) is 2.28. The quantitative estimate of drug-likeness (QED) is 0.182. The molecule has 0 saturated carbocycles. The number of fused-ring (bicyclic) bond motifs is 10. The van der Waals surface area contributed by atoms with Crippen molar-refractivity contribution in [2.45, 2.75) is 5.41 Å². The second kappa shape index (κ2) is 10.6. The number of rotatable bonds is 4. The van der Waals surface area contributed by atoms with E-state index in [2.05, 4.69) is 181 Å². The number of thiophene rings is 1. The lowest BCUT2D eigenvalue weighted by Gasteiger charge is -2.30. The van der Waals surface area contributed by atoms with Gasteiger partial charge >= 0.3 is 0 Å². The molecule has 0 bridgehead atoms. The van der Waals surface area contributed by atoms with Crippen LogP contribution in [-0.2, 0) is 5.41 Å². The monoisotopic (exact) mass is 626 g/mol. The number of hydrogen-bond donors (Lipinski definition) is 0. The van der Waals surface area contributed by atoms with Crippen molar-refractivity contribution in [2.24, 2.45) is 0 Å². The van der Waals surface area contributed by atoms with Crippen molar-refractivity contribution in [3.05, 3.63) is 203 Å². The van der Waals surface area contributed by atoms with Crippen molar-refractivity contribution >= 4 is 11.3 Å². The third-order valence-corrected chi connectivity index (χ3v) is 11.4. The lowest BCUT2D eigenvalue weighted by Crippen LogP contribution is -2.25. The predicted molar refractivity (Wildman–Crippen MR) is 202 cm³/mol. The molecule has 224 valence electrons. The number of benzene rings is 7. The highest BCUT2D eigenvalue weighted by Gasteiger charge is 2.52. The molecule has 1 aromatic heterocycles. The maximum atomic E-state index is 2.48. The summed E-state index contributed by atoms with van der Waals surface area (Å²) in [6.45, 7) is 0. The zero-order valence-corrected chi connectivity index (χ0v) is 27.0. The molecule has 1 heterocycles. The molecule has 1 heteroatoms. The largest absolute Gasteiger partial charge is 0.147 e. The maximum absolute atomic E-state index is 2.48. The van der Waals surface area contributed by atoms with Gasteiger partial charge in [-0.3, -0.25) is 0 Å². The van der Waals surface area contributed by atoms with Gasteiger partial charge in [0.25, 0.3) is 0 Å². The molecule has 0 atom stereocenters. The van der Waals surface area contributed by atoms with Crippen molar-refractivity contribution < 1.29 is 0 Å². The minimum Gasteiger partial charge on any atom is -0.147 e. The first-order chi connectivity index (χ1) is 23.8. The predicted octanol–water partition coefficient (Wildman–Crippen LogP) is 12.8. The molecule has 10 rings (SSSR count). The van der Waals surface area contributed by atoms with Crippen LogP contribution in [-0.4, -0.2) is 0 Å². The van der Waals surface area contributed by atoms with E-state index in [-0.39, 0.29) is 5.41 Å². The molecule has 0 nitrogen and oxygen atoms in total. The molecule has 2 aliphatic rings. The minimum absolute atomic E-state index is 0.356. The third kappa shape index (κ3) is 3.95. The normalized spacial score (nSPS) is 13.2. The average Bonchev–Trinajstić information content (AvgIpc) is 3.84. The van der Waals surface area contributed by atoms with Gasteiger partial charge in [0.1, 0.15) is 0 Å². The highest BCUT2D eigenvalue weighted by Crippen LogP contribution is 2.64. The summed E-state index contributed by atoms with van der Waals surface area (Å²) in [6, 6.07) is 65.0. The Morgan fingerprint density at radius 1 is 0.292 bits per heavy atom. The zero-order valence-electron chi connectivity index (χ0n) is 26.2. The van der Waals surface area contributed by atoms with Gasteiger partial charge in [-0.25, -0.2) is 0 Å². The smallest absolute Gasteiger partial charge is 0.0819 e. The van der Waals surface area contributed by atoms with Crippen LogP contribution < -0.4 is 0 Å². The van der Waals surface area contributed by atoms with Gasteiger partial charge in [-0.15, -0.1) is 11.3 Å². The summed E-state index contributed by atoms with van der Waals surface area (Å²) in [5.74, 6) is 0. The number of hydrogen-bond acceptors (Lipinski definition) is 1. The van der Waals surface area contributed by atoms with E-state index in [1.54, 1.807) is 0 Å². The van der Waals surface area contributed by atoms with E-state index in [0.29, 0.717) is 0 Å². The van der Waals surface area contributed by atoms with E-state index in [1.807, 2.05) is 11.3 Å². The zero-order chi connectivity index (χ0) is 31.7. The Bertz CT molecular complexity index is 2330. The summed E-state index contributed by atoms with van der Waals surface area (Å²) in [6.07, 6.45) is 0. The van der Waals surface area contributed by atoms with Gasteiger partial charge in [0.15, 0.2) is 0 Å². The first kappa shape index (κ1) is 27.4. The van der Waals surface area contributed by atoms with Crippen LogP contribution in [0.25, 0.3) is 66.8 Å². The van der Waals surface area contributed by atoms with Crippen molar-refractivity contribution in [1.29, 1.82) is 0 Å². The molecule has 1 spiro atoms. The van der Waals surface area contributed by atoms with E-state index >= 15 is 0 Å². The molecule has 8 aromatic rings. The van der Waals surface area contributed by atoms with Crippen molar-refractivity contribution in [3.63, 3.8) is 0 Å². The second-order valence-electron chi connectivity index (χ2n) is 12.9. The van der Waals surface area contributed by atoms with Crippen LogP contribution in [0.1, 0.15) is 21.6 Å². The Labute approximate surface area is 285 Å². The molecule has 0 aliphatic heterocycles. The fourth-order valence-electron chi connectivity index (χ4n) is 8.17. The van der Waals surface area contributed by atoms with Gasteiger partial charge < -0.3 is 0 Å². The molecule has 2 aliphatic carbocycles. The fraction of sp³-hybridized carbons (Fsp3) is 0.0213. The highest BCUT2D eigenvalue weighted by molar-refractivity contribution is 7.11. The minimum atomic E-state index is -0.356. The Hall–Kier alpha value is -5.76. The van der Waals surface area contributed by atoms with Crippen LogP contribution in [0, 0.1) is 0 Å². The van der Waals surface area contributed by atoms with Gasteiger partial charge in [-0.05, 0) is 107 Å².